The van der Waals surface area contributed by atoms with Gasteiger partial charge in [0, 0.05) is 0 Å². The minimum atomic E-state index is 0.184. The quantitative estimate of drug-likeness (QED) is 0.436. The molecule has 1 heteroatoms. The molecule has 0 unspecified atom stereocenters. The van der Waals surface area contributed by atoms with Gasteiger partial charge in [0.1, 0.15) is 0 Å². The fraction of sp³-hybridized carbons (Fsp3) is 0.714. The predicted octanol–water partition coefficient (Wildman–Crippen LogP) is 1.73. The molecule has 0 aromatic heterocycles. The average Bonchev–Trinajstić information content (AvgIpc) is 1.81. The second-order valence-electron chi connectivity index (χ2n) is 1.80. The molecular formula is C7H14O. The lowest BCUT2D eigenvalue weighted by Crippen LogP contribution is -1.71. The fourth-order valence-corrected chi connectivity index (χ4v) is 0.514. The molecule has 0 aliphatic rings. The van der Waals surface area contributed by atoms with Crippen LogP contribution in [-0.2, 0) is 0 Å². The highest BCUT2D eigenvalue weighted by Gasteiger charge is 1.74. The van der Waals surface area contributed by atoms with Crippen molar-refractivity contribution >= 4 is 0 Å². The van der Waals surface area contributed by atoms with Crippen LogP contribution in [0.15, 0.2) is 12.2 Å². The van der Waals surface area contributed by atoms with E-state index in [1.54, 1.807) is 6.08 Å². The lowest BCUT2D eigenvalue weighted by Gasteiger charge is -1.85. The van der Waals surface area contributed by atoms with Gasteiger partial charge in [-0.3, -0.25) is 0 Å². The zero-order chi connectivity index (χ0) is 6.24. The smallest absolute Gasteiger partial charge is 0.0612 e. The van der Waals surface area contributed by atoms with Crippen molar-refractivity contribution in [2.24, 2.45) is 0 Å². The van der Waals surface area contributed by atoms with Gasteiger partial charge in [-0.05, 0) is 6.42 Å². The van der Waals surface area contributed by atoms with Crippen molar-refractivity contribution in [1.29, 1.82) is 0 Å². The largest absolute Gasteiger partial charge is 0.392 e. The lowest BCUT2D eigenvalue weighted by atomic mass is 10.2. The van der Waals surface area contributed by atoms with Gasteiger partial charge in [0.05, 0.1) is 6.61 Å². The van der Waals surface area contributed by atoms with Crippen molar-refractivity contribution in [3.63, 3.8) is 0 Å². The van der Waals surface area contributed by atoms with Crippen LogP contribution in [0.5, 0.6) is 0 Å². The Hall–Kier alpha value is -0.300. The number of hydrogen-bond donors (Lipinski definition) is 1. The highest BCUT2D eigenvalue weighted by atomic mass is 16.2. The van der Waals surface area contributed by atoms with Crippen LogP contribution in [0.1, 0.15) is 26.2 Å². The lowest BCUT2D eigenvalue weighted by molar-refractivity contribution is 0.342. The Bertz CT molecular complexity index is 57.4. The van der Waals surface area contributed by atoms with Crippen LogP contribution < -0.4 is 0 Å². The summed E-state index contributed by atoms with van der Waals surface area (Å²) >= 11 is 0. The van der Waals surface area contributed by atoms with Gasteiger partial charge in [-0.2, -0.15) is 0 Å². The molecule has 48 valence electrons. The number of aliphatic hydroxyl groups excluding tert-OH is 1. The Morgan fingerprint density at radius 2 is 2.12 bits per heavy atom. The highest BCUT2D eigenvalue weighted by Crippen LogP contribution is 1.93. The second-order valence-corrected chi connectivity index (χ2v) is 1.80. The third kappa shape index (κ3) is 5.70. The fourth-order valence-electron chi connectivity index (χ4n) is 0.514. The summed E-state index contributed by atoms with van der Waals surface area (Å²) < 4.78 is 0. The molecule has 0 atom stereocenters. The van der Waals surface area contributed by atoms with E-state index in [9.17, 15) is 0 Å². The average molecular weight is 114 g/mol. The van der Waals surface area contributed by atoms with Crippen molar-refractivity contribution in [2.75, 3.05) is 6.61 Å². The maximum Gasteiger partial charge on any atom is 0.0612 e. The van der Waals surface area contributed by atoms with E-state index >= 15 is 0 Å². The van der Waals surface area contributed by atoms with Crippen LogP contribution in [0.2, 0.25) is 0 Å². The summed E-state index contributed by atoms with van der Waals surface area (Å²) in [6.07, 6.45) is 7.38. The van der Waals surface area contributed by atoms with Crippen LogP contribution in [-0.4, -0.2) is 11.7 Å². The predicted molar refractivity (Wildman–Crippen MR) is 35.8 cm³/mol. The minimum absolute atomic E-state index is 0.184. The maximum atomic E-state index is 8.28. The second kappa shape index (κ2) is 6.70. The molecule has 0 rings (SSSR count). The zero-order valence-corrected chi connectivity index (χ0v) is 5.43. The summed E-state index contributed by atoms with van der Waals surface area (Å²) in [7, 11) is 0. The number of aliphatic hydroxyl groups is 1. The van der Waals surface area contributed by atoms with Crippen LogP contribution >= 0.6 is 0 Å². The zero-order valence-electron chi connectivity index (χ0n) is 5.43. The van der Waals surface area contributed by atoms with Gasteiger partial charge in [0.15, 0.2) is 0 Å². The van der Waals surface area contributed by atoms with Crippen LogP contribution in [0, 0.1) is 0 Å². The highest BCUT2D eigenvalue weighted by molar-refractivity contribution is 4.79. The normalized spacial score (nSPS) is 10.8. The van der Waals surface area contributed by atoms with Crippen molar-refractivity contribution in [3.8, 4) is 0 Å². The van der Waals surface area contributed by atoms with Crippen LogP contribution in [0.4, 0.5) is 0 Å². The number of allylic oxidation sites excluding steroid dienone is 1. The molecule has 0 aromatic carbocycles. The van der Waals surface area contributed by atoms with Gasteiger partial charge in [-0.15, -0.1) is 0 Å². The summed E-state index contributed by atoms with van der Waals surface area (Å²) in [5.41, 5.74) is 0. The molecule has 0 bridgehead atoms. The Balaban J connectivity index is 2.80. The molecule has 1 N–H and O–H groups in total. The summed E-state index contributed by atoms with van der Waals surface area (Å²) in [5.74, 6) is 0. The molecule has 0 aromatic rings. The monoisotopic (exact) mass is 114 g/mol. The number of hydrogen-bond acceptors (Lipinski definition) is 1. The molecule has 0 aliphatic carbocycles. The van der Waals surface area contributed by atoms with Gasteiger partial charge in [0.25, 0.3) is 0 Å². The Kier molecular flexibility index (Phi) is 6.45. The topological polar surface area (TPSA) is 20.2 Å². The van der Waals surface area contributed by atoms with E-state index < -0.39 is 0 Å². The van der Waals surface area contributed by atoms with Crippen LogP contribution in [0.25, 0.3) is 0 Å². The summed E-state index contributed by atoms with van der Waals surface area (Å²) in [5, 5.41) is 8.28. The number of rotatable bonds is 4. The molecule has 0 saturated carbocycles. The molecule has 1 nitrogen and oxygen atoms in total. The molecule has 0 radical (unpaired) electrons. The summed E-state index contributed by atoms with van der Waals surface area (Å²) in [6, 6.07) is 0. The van der Waals surface area contributed by atoms with Crippen molar-refractivity contribution in [3.05, 3.63) is 12.2 Å². The van der Waals surface area contributed by atoms with E-state index in [1.807, 2.05) is 6.08 Å². The number of unbranched alkanes of at least 4 members (excludes halogenated alkanes) is 2. The molecule has 0 spiro atoms. The van der Waals surface area contributed by atoms with E-state index in [2.05, 4.69) is 6.92 Å². The first-order valence-electron chi connectivity index (χ1n) is 3.17. The van der Waals surface area contributed by atoms with Gasteiger partial charge in [-0.25, -0.2) is 0 Å². The Labute approximate surface area is 51.0 Å². The molecular weight excluding hydrogens is 100 g/mol. The van der Waals surface area contributed by atoms with Crippen LogP contribution in [0.3, 0.4) is 0 Å². The van der Waals surface area contributed by atoms with E-state index in [-0.39, 0.29) is 6.61 Å². The van der Waals surface area contributed by atoms with Gasteiger partial charge < -0.3 is 5.11 Å². The van der Waals surface area contributed by atoms with Gasteiger partial charge in [0.2, 0.25) is 0 Å². The summed E-state index contributed by atoms with van der Waals surface area (Å²) in [4.78, 5) is 0. The third-order valence-corrected chi connectivity index (χ3v) is 0.996. The van der Waals surface area contributed by atoms with E-state index in [0.717, 1.165) is 6.42 Å². The molecule has 8 heavy (non-hydrogen) atoms. The van der Waals surface area contributed by atoms with E-state index in [0.29, 0.717) is 0 Å². The van der Waals surface area contributed by atoms with Gasteiger partial charge >= 0.3 is 0 Å². The molecule has 0 amide bonds. The Morgan fingerprint density at radius 1 is 1.38 bits per heavy atom. The Morgan fingerprint density at radius 3 is 2.62 bits per heavy atom. The summed E-state index contributed by atoms with van der Waals surface area (Å²) in [6.45, 7) is 2.34. The van der Waals surface area contributed by atoms with Crippen molar-refractivity contribution in [1.82, 2.24) is 0 Å². The first-order chi connectivity index (χ1) is 3.91. The van der Waals surface area contributed by atoms with E-state index in [1.165, 1.54) is 12.8 Å². The molecule has 0 fully saturated rings. The van der Waals surface area contributed by atoms with Crippen molar-refractivity contribution < 1.29 is 5.11 Å². The first-order valence-corrected chi connectivity index (χ1v) is 3.17. The molecule has 0 heterocycles. The third-order valence-electron chi connectivity index (χ3n) is 0.996. The molecule has 0 aliphatic heterocycles. The SMILES string of the molecule is CCCC/C=C\CO. The molecule has 0 saturated heterocycles. The standard InChI is InChI=1S/C7H14O/c1-2-3-4-5-6-7-8/h5-6,8H,2-4,7H2,1H3/b6-5-. The van der Waals surface area contributed by atoms with Gasteiger partial charge in [-0.1, -0.05) is 31.9 Å². The first kappa shape index (κ1) is 7.70. The minimum Gasteiger partial charge on any atom is -0.392 e. The van der Waals surface area contributed by atoms with Crippen molar-refractivity contribution in [2.45, 2.75) is 26.2 Å². The maximum absolute atomic E-state index is 8.28. The van der Waals surface area contributed by atoms with E-state index in [4.69, 9.17) is 5.11 Å².